The summed E-state index contributed by atoms with van der Waals surface area (Å²) in [6.45, 7) is 2.58. The Bertz CT molecular complexity index is 856. The van der Waals surface area contributed by atoms with E-state index in [4.69, 9.17) is 5.73 Å². The van der Waals surface area contributed by atoms with Crippen LogP contribution >= 0.6 is 0 Å². The standard InChI is InChI=1S/C18H21N5O/c1-18(24)6-4-13(9-18)21-16-14-3-2-11(12-5-7-20-10-12)8-15(14)22-17(19)23-16/h2-3,5,7-8,13,24H,4,6,9-10H2,1H3,(H3,19,21,22,23)/t13-,18+/m1/s1. The first kappa shape index (κ1) is 15.1. The van der Waals surface area contributed by atoms with Gasteiger partial charge in [0.1, 0.15) is 5.82 Å². The maximum atomic E-state index is 10.2. The highest BCUT2D eigenvalue weighted by molar-refractivity contribution is 5.95. The molecular formula is C18H21N5O. The first-order valence-electron chi connectivity index (χ1n) is 8.26. The second-order valence-corrected chi connectivity index (χ2v) is 6.93. The van der Waals surface area contributed by atoms with Crippen molar-refractivity contribution in [2.45, 2.75) is 37.8 Å². The Balaban J connectivity index is 1.68. The Kier molecular flexibility index (Phi) is 3.49. The Morgan fingerprint density at radius 1 is 1.33 bits per heavy atom. The second kappa shape index (κ2) is 5.56. The Labute approximate surface area is 140 Å². The van der Waals surface area contributed by atoms with Crippen LogP contribution in [-0.2, 0) is 0 Å². The number of hydrogen-bond donors (Lipinski definition) is 3. The normalized spacial score (nSPS) is 26.1. The van der Waals surface area contributed by atoms with Gasteiger partial charge in [0.2, 0.25) is 5.95 Å². The average Bonchev–Trinajstić information content (AvgIpc) is 3.16. The molecule has 1 aromatic heterocycles. The molecule has 0 amide bonds. The van der Waals surface area contributed by atoms with Gasteiger partial charge in [0.05, 0.1) is 17.7 Å². The monoisotopic (exact) mass is 323 g/mol. The van der Waals surface area contributed by atoms with Crippen molar-refractivity contribution >= 4 is 34.5 Å². The number of allylic oxidation sites excluding steroid dienone is 1. The topological polar surface area (TPSA) is 96.4 Å². The molecule has 0 saturated heterocycles. The van der Waals surface area contributed by atoms with E-state index in [0.29, 0.717) is 13.0 Å². The fraction of sp³-hybridized carbons (Fsp3) is 0.389. The van der Waals surface area contributed by atoms with Crippen molar-refractivity contribution in [3.8, 4) is 0 Å². The molecular weight excluding hydrogens is 302 g/mol. The number of aromatic nitrogens is 2. The van der Waals surface area contributed by atoms with E-state index in [1.54, 1.807) is 0 Å². The lowest BCUT2D eigenvalue weighted by atomic mass is 10.0. The summed E-state index contributed by atoms with van der Waals surface area (Å²) < 4.78 is 0. The van der Waals surface area contributed by atoms with Crippen molar-refractivity contribution in [3.63, 3.8) is 0 Å². The number of nitrogens with one attached hydrogen (secondary N) is 1. The molecule has 1 saturated carbocycles. The molecule has 2 aliphatic rings. The van der Waals surface area contributed by atoms with E-state index in [1.165, 1.54) is 5.57 Å². The minimum atomic E-state index is -0.603. The van der Waals surface area contributed by atoms with Crippen molar-refractivity contribution in [2.75, 3.05) is 17.6 Å². The molecule has 4 rings (SSSR count). The van der Waals surface area contributed by atoms with E-state index in [0.717, 1.165) is 35.1 Å². The molecule has 2 aromatic rings. The van der Waals surface area contributed by atoms with Crippen LogP contribution in [0.2, 0.25) is 0 Å². The van der Waals surface area contributed by atoms with Crippen molar-refractivity contribution in [3.05, 3.63) is 29.8 Å². The Morgan fingerprint density at radius 2 is 2.21 bits per heavy atom. The van der Waals surface area contributed by atoms with Crippen molar-refractivity contribution < 1.29 is 5.11 Å². The number of nitrogens with zero attached hydrogens (tertiary/aromatic N) is 3. The molecule has 1 aliphatic carbocycles. The van der Waals surface area contributed by atoms with Crippen LogP contribution in [-0.4, -0.2) is 39.5 Å². The first-order chi connectivity index (χ1) is 11.5. The number of aliphatic hydroxyl groups is 1. The quantitative estimate of drug-likeness (QED) is 0.806. The molecule has 1 aliphatic heterocycles. The lowest BCUT2D eigenvalue weighted by Crippen LogP contribution is -2.24. The number of rotatable bonds is 3. The number of hydrogen-bond acceptors (Lipinski definition) is 6. The third-order valence-electron chi connectivity index (χ3n) is 4.79. The van der Waals surface area contributed by atoms with Crippen molar-refractivity contribution in [2.24, 2.45) is 4.99 Å². The van der Waals surface area contributed by atoms with Crippen LogP contribution in [0.5, 0.6) is 0 Å². The summed E-state index contributed by atoms with van der Waals surface area (Å²) in [6.07, 6.45) is 6.27. The number of aliphatic imine (C=N–C) groups is 1. The van der Waals surface area contributed by atoms with Crippen LogP contribution in [0.15, 0.2) is 29.3 Å². The van der Waals surface area contributed by atoms with Gasteiger partial charge in [-0.05, 0) is 55.5 Å². The highest BCUT2D eigenvalue weighted by Crippen LogP contribution is 2.33. The SMILES string of the molecule is C[C@]1(O)CC[C@@H](Nc2nc(N)nc3cc(C4=CC=NC4)ccc23)C1. The lowest BCUT2D eigenvalue weighted by molar-refractivity contribution is 0.0673. The molecule has 4 N–H and O–H groups in total. The predicted octanol–water partition coefficient (Wildman–Crippen LogP) is 2.40. The zero-order valence-electron chi connectivity index (χ0n) is 13.7. The summed E-state index contributed by atoms with van der Waals surface area (Å²) in [6, 6.07) is 6.32. The highest BCUT2D eigenvalue weighted by Gasteiger charge is 2.33. The summed E-state index contributed by atoms with van der Waals surface area (Å²) in [5.41, 5.74) is 8.40. The predicted molar refractivity (Wildman–Crippen MR) is 97.2 cm³/mol. The van der Waals surface area contributed by atoms with Crippen molar-refractivity contribution in [1.82, 2.24) is 9.97 Å². The number of nitrogens with two attached hydrogens (primary N) is 1. The van der Waals surface area contributed by atoms with E-state index in [1.807, 2.05) is 31.3 Å². The zero-order chi connectivity index (χ0) is 16.7. The summed E-state index contributed by atoms with van der Waals surface area (Å²) in [4.78, 5) is 13.0. The van der Waals surface area contributed by atoms with Crippen LogP contribution in [0.25, 0.3) is 16.5 Å². The average molecular weight is 323 g/mol. The van der Waals surface area contributed by atoms with Gasteiger partial charge in [-0.15, -0.1) is 0 Å². The maximum absolute atomic E-state index is 10.2. The molecule has 2 heterocycles. The Hall–Kier alpha value is -2.47. The van der Waals surface area contributed by atoms with Crippen LogP contribution in [0.4, 0.5) is 11.8 Å². The van der Waals surface area contributed by atoms with Gasteiger partial charge in [-0.25, -0.2) is 4.98 Å². The smallest absolute Gasteiger partial charge is 0.222 e. The third-order valence-corrected chi connectivity index (χ3v) is 4.79. The van der Waals surface area contributed by atoms with Crippen LogP contribution in [0.3, 0.4) is 0 Å². The van der Waals surface area contributed by atoms with E-state index >= 15 is 0 Å². The molecule has 1 fully saturated rings. The van der Waals surface area contributed by atoms with E-state index in [2.05, 4.69) is 26.3 Å². The molecule has 2 atom stereocenters. The van der Waals surface area contributed by atoms with Crippen molar-refractivity contribution in [1.29, 1.82) is 0 Å². The molecule has 0 bridgehead atoms. The van der Waals surface area contributed by atoms with Gasteiger partial charge in [0.25, 0.3) is 0 Å². The summed E-state index contributed by atoms with van der Waals surface area (Å²) in [7, 11) is 0. The molecule has 0 spiro atoms. The van der Waals surface area contributed by atoms with Gasteiger partial charge in [-0.2, -0.15) is 4.98 Å². The summed E-state index contributed by atoms with van der Waals surface area (Å²) in [5.74, 6) is 0.993. The second-order valence-electron chi connectivity index (χ2n) is 6.93. The molecule has 1 aromatic carbocycles. The number of benzene rings is 1. The van der Waals surface area contributed by atoms with Crippen LogP contribution < -0.4 is 11.1 Å². The largest absolute Gasteiger partial charge is 0.390 e. The lowest BCUT2D eigenvalue weighted by Gasteiger charge is -2.18. The third kappa shape index (κ3) is 2.85. The molecule has 6 nitrogen and oxygen atoms in total. The minimum absolute atomic E-state index is 0.197. The minimum Gasteiger partial charge on any atom is -0.390 e. The molecule has 24 heavy (non-hydrogen) atoms. The summed E-state index contributed by atoms with van der Waals surface area (Å²) in [5, 5.41) is 14.5. The van der Waals surface area contributed by atoms with Gasteiger partial charge in [-0.1, -0.05) is 6.07 Å². The number of anilines is 2. The number of fused-ring (bicyclic) bond motifs is 1. The van der Waals surface area contributed by atoms with Crippen LogP contribution in [0.1, 0.15) is 31.7 Å². The molecule has 0 unspecified atom stereocenters. The summed E-state index contributed by atoms with van der Waals surface area (Å²) >= 11 is 0. The molecule has 124 valence electrons. The van der Waals surface area contributed by atoms with Crippen LogP contribution in [0, 0.1) is 0 Å². The van der Waals surface area contributed by atoms with Gasteiger partial charge in [0.15, 0.2) is 0 Å². The Morgan fingerprint density at radius 3 is 2.92 bits per heavy atom. The highest BCUT2D eigenvalue weighted by atomic mass is 16.3. The van der Waals surface area contributed by atoms with Gasteiger partial charge in [0, 0.05) is 17.6 Å². The van der Waals surface area contributed by atoms with Gasteiger partial charge >= 0.3 is 0 Å². The van der Waals surface area contributed by atoms with E-state index in [-0.39, 0.29) is 12.0 Å². The first-order valence-corrected chi connectivity index (χ1v) is 8.26. The van der Waals surface area contributed by atoms with Gasteiger partial charge < -0.3 is 16.2 Å². The molecule has 6 heteroatoms. The van der Waals surface area contributed by atoms with E-state index < -0.39 is 5.60 Å². The van der Waals surface area contributed by atoms with E-state index in [9.17, 15) is 5.11 Å². The molecule has 0 radical (unpaired) electrons. The fourth-order valence-electron chi connectivity index (χ4n) is 3.53. The fourth-order valence-corrected chi connectivity index (χ4v) is 3.53. The number of nitrogen functional groups attached to an aromatic ring is 1. The maximum Gasteiger partial charge on any atom is 0.222 e. The van der Waals surface area contributed by atoms with Gasteiger partial charge in [-0.3, -0.25) is 4.99 Å². The zero-order valence-corrected chi connectivity index (χ0v) is 13.7.